The molecule has 5 heterocycles. The molecule has 1 atom stereocenters. The van der Waals surface area contributed by atoms with Gasteiger partial charge < -0.3 is 20.4 Å². The van der Waals surface area contributed by atoms with Gasteiger partial charge in [0.1, 0.15) is 6.07 Å². The molecule has 1 aliphatic heterocycles. The monoisotopic (exact) mass is 471 g/mol. The van der Waals surface area contributed by atoms with Crippen molar-refractivity contribution in [3.05, 3.63) is 48.1 Å². The van der Waals surface area contributed by atoms with Crippen LogP contribution in [0.15, 0.2) is 41.1 Å². The number of likely N-dealkylation sites (tertiary alicyclic amines) is 1. The highest BCUT2D eigenvalue weighted by molar-refractivity contribution is 5.90. The molecule has 0 spiro atoms. The van der Waals surface area contributed by atoms with Crippen molar-refractivity contribution in [3.8, 4) is 28.9 Å². The van der Waals surface area contributed by atoms with Gasteiger partial charge in [-0.3, -0.25) is 9.78 Å². The van der Waals surface area contributed by atoms with E-state index in [4.69, 9.17) is 15.4 Å². The summed E-state index contributed by atoms with van der Waals surface area (Å²) in [5.41, 5.74) is 9.85. The SMILES string of the molecule is CC(C)Nc1cc(-c2ccc3cc(C#N)cnn23)ncc1-c1nnc(C(=O)N2CCC[C@@H]2CN)o1. The third kappa shape index (κ3) is 4.20. The summed E-state index contributed by atoms with van der Waals surface area (Å²) in [7, 11) is 0. The van der Waals surface area contributed by atoms with Crippen LogP contribution >= 0.6 is 0 Å². The van der Waals surface area contributed by atoms with E-state index < -0.39 is 0 Å². The third-order valence-corrected chi connectivity index (χ3v) is 5.99. The van der Waals surface area contributed by atoms with Gasteiger partial charge in [-0.2, -0.15) is 10.4 Å². The van der Waals surface area contributed by atoms with Gasteiger partial charge in [0, 0.05) is 31.4 Å². The number of nitrogens with zero attached hydrogens (tertiary/aromatic N) is 7. The van der Waals surface area contributed by atoms with E-state index in [-0.39, 0.29) is 29.8 Å². The smallest absolute Gasteiger partial charge is 0.311 e. The van der Waals surface area contributed by atoms with Crippen molar-refractivity contribution >= 4 is 17.1 Å². The number of amides is 1. The number of nitrogens with two attached hydrogens (primary N) is 1. The number of hydrogen-bond donors (Lipinski definition) is 2. The van der Waals surface area contributed by atoms with Crippen LogP contribution in [0.3, 0.4) is 0 Å². The molecule has 4 aromatic rings. The van der Waals surface area contributed by atoms with Crippen molar-refractivity contribution in [2.24, 2.45) is 5.73 Å². The molecule has 0 radical (unpaired) electrons. The number of aromatic nitrogens is 5. The highest BCUT2D eigenvalue weighted by atomic mass is 16.4. The van der Waals surface area contributed by atoms with Gasteiger partial charge in [-0.05, 0) is 51.0 Å². The Hall–Kier alpha value is -4.30. The predicted octanol–water partition coefficient (Wildman–Crippen LogP) is 2.70. The quantitative estimate of drug-likeness (QED) is 0.432. The maximum absolute atomic E-state index is 12.9. The molecule has 1 amide bonds. The lowest BCUT2D eigenvalue weighted by Gasteiger charge is -2.21. The number of fused-ring (bicyclic) bond motifs is 1. The number of nitrogens with one attached hydrogen (secondary N) is 1. The van der Waals surface area contributed by atoms with Crippen molar-refractivity contribution in [2.45, 2.75) is 38.8 Å². The fraction of sp³-hybridized carbons (Fsp3) is 0.333. The number of pyridine rings is 1. The topological polar surface area (TPSA) is 151 Å². The molecule has 3 N–H and O–H groups in total. The summed E-state index contributed by atoms with van der Waals surface area (Å²) in [6, 6.07) is 9.64. The van der Waals surface area contributed by atoms with E-state index in [9.17, 15) is 4.79 Å². The second kappa shape index (κ2) is 9.15. The Kier molecular flexibility index (Phi) is 5.88. The van der Waals surface area contributed by atoms with Crippen LogP contribution in [0.25, 0.3) is 28.4 Å². The van der Waals surface area contributed by atoms with Gasteiger partial charge in [-0.25, -0.2) is 4.52 Å². The zero-order chi connectivity index (χ0) is 24.5. The Morgan fingerprint density at radius 1 is 1.31 bits per heavy atom. The number of hydrogen-bond acceptors (Lipinski definition) is 9. The van der Waals surface area contributed by atoms with Gasteiger partial charge in [0.15, 0.2) is 0 Å². The Morgan fingerprint density at radius 2 is 2.17 bits per heavy atom. The summed E-state index contributed by atoms with van der Waals surface area (Å²) in [4.78, 5) is 19.2. The zero-order valence-corrected chi connectivity index (χ0v) is 19.5. The van der Waals surface area contributed by atoms with E-state index in [1.165, 1.54) is 6.20 Å². The first-order valence-electron chi connectivity index (χ1n) is 11.5. The normalized spacial score (nSPS) is 15.6. The molecule has 1 saturated heterocycles. The first kappa shape index (κ1) is 22.5. The van der Waals surface area contributed by atoms with Crippen molar-refractivity contribution in [3.63, 3.8) is 0 Å². The number of anilines is 1. The second-order valence-electron chi connectivity index (χ2n) is 8.77. The number of nitriles is 1. The largest absolute Gasteiger partial charge is 0.412 e. The zero-order valence-electron chi connectivity index (χ0n) is 19.5. The van der Waals surface area contributed by atoms with Gasteiger partial charge in [0.05, 0.1) is 39.9 Å². The summed E-state index contributed by atoms with van der Waals surface area (Å²) < 4.78 is 7.53. The third-order valence-electron chi connectivity index (χ3n) is 5.99. The van der Waals surface area contributed by atoms with Crippen molar-refractivity contribution in [2.75, 3.05) is 18.4 Å². The molecule has 0 aliphatic carbocycles. The first-order valence-corrected chi connectivity index (χ1v) is 11.5. The van der Waals surface area contributed by atoms with Gasteiger partial charge >= 0.3 is 11.8 Å². The van der Waals surface area contributed by atoms with Crippen LogP contribution in [0.1, 0.15) is 42.9 Å². The van der Waals surface area contributed by atoms with Gasteiger partial charge in [0.25, 0.3) is 5.89 Å². The highest BCUT2D eigenvalue weighted by Gasteiger charge is 2.32. The minimum absolute atomic E-state index is 0.00770. The van der Waals surface area contributed by atoms with Crippen molar-refractivity contribution in [1.29, 1.82) is 5.26 Å². The summed E-state index contributed by atoms with van der Waals surface area (Å²) in [6.07, 6.45) is 4.94. The summed E-state index contributed by atoms with van der Waals surface area (Å²) in [6.45, 7) is 5.07. The summed E-state index contributed by atoms with van der Waals surface area (Å²) in [5, 5.41) is 25.1. The lowest BCUT2D eigenvalue weighted by molar-refractivity contribution is 0.0701. The van der Waals surface area contributed by atoms with Crippen LogP contribution in [0.2, 0.25) is 0 Å². The Labute approximate surface area is 201 Å². The fourth-order valence-corrected chi connectivity index (χ4v) is 4.34. The molecule has 1 aliphatic rings. The van der Waals surface area contributed by atoms with E-state index in [1.54, 1.807) is 21.7 Å². The van der Waals surface area contributed by atoms with Crippen LogP contribution < -0.4 is 11.1 Å². The molecule has 35 heavy (non-hydrogen) atoms. The molecule has 0 aromatic carbocycles. The molecule has 5 rings (SSSR count). The van der Waals surface area contributed by atoms with Crippen LogP contribution in [-0.2, 0) is 0 Å². The molecular weight excluding hydrogens is 446 g/mol. The number of rotatable bonds is 6. The van der Waals surface area contributed by atoms with E-state index in [2.05, 4.69) is 31.7 Å². The van der Waals surface area contributed by atoms with Crippen LogP contribution in [0.5, 0.6) is 0 Å². The van der Waals surface area contributed by atoms with Crippen LogP contribution in [-0.4, -0.2) is 60.8 Å². The second-order valence-corrected chi connectivity index (χ2v) is 8.77. The van der Waals surface area contributed by atoms with Crippen molar-refractivity contribution < 1.29 is 9.21 Å². The number of carbonyl (C=O) groups excluding carboxylic acids is 1. The molecule has 4 aromatic heterocycles. The Morgan fingerprint density at radius 3 is 2.94 bits per heavy atom. The average Bonchev–Trinajstić information content (AvgIpc) is 3.62. The molecule has 11 heteroatoms. The van der Waals surface area contributed by atoms with E-state index in [0.29, 0.717) is 29.9 Å². The predicted molar refractivity (Wildman–Crippen MR) is 128 cm³/mol. The van der Waals surface area contributed by atoms with Gasteiger partial charge in [-0.15, -0.1) is 10.2 Å². The standard InChI is InChI=1S/C24H25N9O2/c1-14(2)29-19-9-20(21-6-5-16-8-15(10-25)12-28-33(16)21)27-13-18(19)22-30-31-23(35-22)24(34)32-7-3-4-17(32)11-26/h5-6,8-9,12-14,17H,3-4,7,11,26H2,1-2H3,(H,27,29)/t17-/m1/s1. The Bertz CT molecular complexity index is 1430. The molecule has 11 nitrogen and oxygen atoms in total. The lowest BCUT2D eigenvalue weighted by atomic mass is 10.1. The van der Waals surface area contributed by atoms with E-state index in [1.807, 2.05) is 32.0 Å². The molecule has 1 fully saturated rings. The minimum Gasteiger partial charge on any atom is -0.412 e. The molecule has 0 unspecified atom stereocenters. The first-order chi connectivity index (χ1) is 17.0. The number of carbonyl (C=O) groups is 1. The van der Waals surface area contributed by atoms with Crippen LogP contribution in [0.4, 0.5) is 5.69 Å². The van der Waals surface area contributed by atoms with Crippen LogP contribution in [0, 0.1) is 11.3 Å². The average molecular weight is 472 g/mol. The van der Waals surface area contributed by atoms with E-state index in [0.717, 1.165) is 29.7 Å². The highest BCUT2D eigenvalue weighted by Crippen LogP contribution is 2.32. The minimum atomic E-state index is -0.304. The van der Waals surface area contributed by atoms with Crippen molar-refractivity contribution in [1.82, 2.24) is 29.7 Å². The Balaban J connectivity index is 1.50. The fourth-order valence-electron chi connectivity index (χ4n) is 4.34. The molecule has 178 valence electrons. The summed E-state index contributed by atoms with van der Waals surface area (Å²) >= 11 is 0. The van der Waals surface area contributed by atoms with E-state index >= 15 is 0 Å². The molecule has 0 saturated carbocycles. The lowest BCUT2D eigenvalue weighted by Crippen LogP contribution is -2.40. The van der Waals surface area contributed by atoms with Gasteiger partial charge in [0.2, 0.25) is 0 Å². The molecule has 0 bridgehead atoms. The molecular formula is C24H25N9O2. The summed E-state index contributed by atoms with van der Waals surface area (Å²) in [5.74, 6) is -0.159. The maximum atomic E-state index is 12.9. The maximum Gasteiger partial charge on any atom is 0.311 e. The van der Waals surface area contributed by atoms with Gasteiger partial charge in [-0.1, -0.05) is 0 Å².